The first-order valence-corrected chi connectivity index (χ1v) is 7.43. The van der Waals surface area contributed by atoms with Crippen LogP contribution in [-0.2, 0) is 0 Å². The van der Waals surface area contributed by atoms with Crippen molar-refractivity contribution in [1.82, 2.24) is 0 Å². The van der Waals surface area contributed by atoms with Gasteiger partial charge in [0.25, 0.3) is 0 Å². The molecule has 3 heteroatoms. The number of anilines is 1. The number of halogens is 2. The van der Waals surface area contributed by atoms with Gasteiger partial charge in [-0.3, -0.25) is 0 Å². The van der Waals surface area contributed by atoms with Crippen LogP contribution in [0.2, 0.25) is 5.02 Å². The molecule has 19 heavy (non-hydrogen) atoms. The van der Waals surface area contributed by atoms with Gasteiger partial charge in [-0.15, -0.1) is 0 Å². The van der Waals surface area contributed by atoms with E-state index in [9.17, 15) is 0 Å². The van der Waals surface area contributed by atoms with E-state index >= 15 is 0 Å². The summed E-state index contributed by atoms with van der Waals surface area (Å²) < 4.78 is 0.983. The van der Waals surface area contributed by atoms with Crippen molar-refractivity contribution >= 4 is 33.2 Å². The summed E-state index contributed by atoms with van der Waals surface area (Å²) in [6.45, 7) is 6.43. The Kier molecular flexibility index (Phi) is 4.54. The highest BCUT2D eigenvalue weighted by Gasteiger charge is 2.10. The molecule has 1 nitrogen and oxygen atoms in total. The molecular formula is C16H17BrClN. The smallest absolute Gasteiger partial charge is 0.0490 e. The Morgan fingerprint density at radius 1 is 1.11 bits per heavy atom. The molecular weight excluding hydrogens is 322 g/mol. The van der Waals surface area contributed by atoms with Gasteiger partial charge in [-0.2, -0.15) is 0 Å². The van der Waals surface area contributed by atoms with Gasteiger partial charge in [-0.1, -0.05) is 35.4 Å². The lowest BCUT2D eigenvalue weighted by atomic mass is 10.00. The van der Waals surface area contributed by atoms with Crippen LogP contribution < -0.4 is 5.32 Å². The monoisotopic (exact) mass is 337 g/mol. The zero-order valence-corrected chi connectivity index (χ0v) is 13.6. The Labute approximate surface area is 128 Å². The highest BCUT2D eigenvalue weighted by Crippen LogP contribution is 2.30. The van der Waals surface area contributed by atoms with Crippen molar-refractivity contribution < 1.29 is 0 Å². The van der Waals surface area contributed by atoms with E-state index in [-0.39, 0.29) is 6.04 Å². The average molecular weight is 339 g/mol. The molecule has 2 aromatic carbocycles. The molecule has 0 heterocycles. The van der Waals surface area contributed by atoms with E-state index in [1.165, 1.54) is 16.7 Å². The topological polar surface area (TPSA) is 12.0 Å². The van der Waals surface area contributed by atoms with Crippen LogP contribution >= 0.6 is 27.5 Å². The van der Waals surface area contributed by atoms with Crippen molar-refractivity contribution in [3.05, 3.63) is 62.6 Å². The molecule has 0 aliphatic heterocycles. The summed E-state index contributed by atoms with van der Waals surface area (Å²) in [6, 6.07) is 12.6. The second kappa shape index (κ2) is 5.98. The molecule has 2 aromatic rings. The van der Waals surface area contributed by atoms with E-state index in [1.54, 1.807) is 0 Å². The second-order valence-electron chi connectivity index (χ2n) is 4.85. The highest BCUT2D eigenvalue weighted by molar-refractivity contribution is 9.10. The molecule has 1 atom stereocenters. The summed E-state index contributed by atoms with van der Waals surface area (Å²) in [6.07, 6.45) is 0. The van der Waals surface area contributed by atoms with Crippen LogP contribution in [0.1, 0.15) is 29.7 Å². The second-order valence-corrected chi connectivity index (χ2v) is 6.14. The fourth-order valence-electron chi connectivity index (χ4n) is 2.14. The van der Waals surface area contributed by atoms with Gasteiger partial charge in [0.15, 0.2) is 0 Å². The van der Waals surface area contributed by atoms with Crippen molar-refractivity contribution in [2.75, 3.05) is 5.32 Å². The fraction of sp³-hybridized carbons (Fsp3) is 0.250. The van der Waals surface area contributed by atoms with E-state index in [0.717, 1.165) is 15.2 Å². The van der Waals surface area contributed by atoms with Gasteiger partial charge >= 0.3 is 0 Å². The normalized spacial score (nSPS) is 12.3. The molecule has 0 amide bonds. The summed E-state index contributed by atoms with van der Waals surface area (Å²) in [5.41, 5.74) is 4.96. The molecule has 0 radical (unpaired) electrons. The van der Waals surface area contributed by atoms with Gasteiger partial charge in [0.2, 0.25) is 0 Å². The van der Waals surface area contributed by atoms with E-state index in [1.807, 2.05) is 18.2 Å². The standard InChI is InChI=1S/C16H17BrClN/c1-10-4-5-11(2)14(8-10)12(3)19-16-7-6-13(18)9-15(16)17/h4-9,12,19H,1-3H3. The molecule has 0 fully saturated rings. The molecule has 1 N–H and O–H groups in total. The lowest BCUT2D eigenvalue weighted by Crippen LogP contribution is -2.08. The van der Waals surface area contributed by atoms with E-state index in [2.05, 4.69) is 60.2 Å². The van der Waals surface area contributed by atoms with Gasteiger partial charge in [0, 0.05) is 21.2 Å². The van der Waals surface area contributed by atoms with Crippen molar-refractivity contribution in [3.8, 4) is 0 Å². The number of hydrogen-bond acceptors (Lipinski definition) is 1. The maximum atomic E-state index is 5.96. The number of benzene rings is 2. The maximum absolute atomic E-state index is 5.96. The molecule has 0 aliphatic carbocycles. The van der Waals surface area contributed by atoms with Crippen LogP contribution in [0.4, 0.5) is 5.69 Å². The third kappa shape index (κ3) is 3.52. The minimum atomic E-state index is 0.248. The SMILES string of the molecule is Cc1ccc(C)c(C(C)Nc2ccc(Cl)cc2Br)c1. The zero-order valence-electron chi connectivity index (χ0n) is 11.3. The van der Waals surface area contributed by atoms with Crippen LogP contribution in [0, 0.1) is 13.8 Å². The molecule has 0 saturated heterocycles. The quantitative estimate of drug-likeness (QED) is 0.735. The third-order valence-corrected chi connectivity index (χ3v) is 4.10. The summed E-state index contributed by atoms with van der Waals surface area (Å²) >= 11 is 9.49. The minimum Gasteiger partial charge on any atom is -0.378 e. The number of aryl methyl sites for hydroxylation is 2. The Morgan fingerprint density at radius 2 is 1.84 bits per heavy atom. The van der Waals surface area contributed by atoms with Crippen LogP contribution in [0.15, 0.2) is 40.9 Å². The van der Waals surface area contributed by atoms with E-state index < -0.39 is 0 Å². The number of hydrogen-bond donors (Lipinski definition) is 1. The summed E-state index contributed by atoms with van der Waals surface area (Å²) in [5.74, 6) is 0. The highest BCUT2D eigenvalue weighted by atomic mass is 79.9. The lowest BCUT2D eigenvalue weighted by Gasteiger charge is -2.19. The first kappa shape index (κ1) is 14.4. The van der Waals surface area contributed by atoms with Crippen LogP contribution in [0.5, 0.6) is 0 Å². The molecule has 1 unspecified atom stereocenters. The summed E-state index contributed by atoms with van der Waals surface area (Å²) in [4.78, 5) is 0. The van der Waals surface area contributed by atoms with Crippen molar-refractivity contribution in [2.45, 2.75) is 26.8 Å². The summed E-state index contributed by atoms with van der Waals surface area (Å²) in [5, 5.41) is 4.25. The van der Waals surface area contributed by atoms with Crippen LogP contribution in [0.25, 0.3) is 0 Å². The third-order valence-electron chi connectivity index (χ3n) is 3.20. The number of nitrogens with one attached hydrogen (secondary N) is 1. The predicted molar refractivity (Wildman–Crippen MR) is 87.1 cm³/mol. The van der Waals surface area contributed by atoms with Gasteiger partial charge in [0.1, 0.15) is 0 Å². The van der Waals surface area contributed by atoms with E-state index in [0.29, 0.717) is 0 Å². The first-order valence-electron chi connectivity index (χ1n) is 6.26. The minimum absolute atomic E-state index is 0.248. The van der Waals surface area contributed by atoms with Crippen LogP contribution in [0.3, 0.4) is 0 Å². The average Bonchev–Trinajstić information content (AvgIpc) is 2.35. The predicted octanol–water partition coefficient (Wildman–Crippen LogP) is 5.89. The number of rotatable bonds is 3. The maximum Gasteiger partial charge on any atom is 0.0490 e. The molecule has 0 aromatic heterocycles. The molecule has 0 spiro atoms. The van der Waals surface area contributed by atoms with Crippen molar-refractivity contribution in [2.24, 2.45) is 0 Å². The molecule has 100 valence electrons. The van der Waals surface area contributed by atoms with Gasteiger partial charge < -0.3 is 5.32 Å². The van der Waals surface area contributed by atoms with Gasteiger partial charge in [-0.05, 0) is 66.0 Å². The van der Waals surface area contributed by atoms with Crippen LogP contribution in [-0.4, -0.2) is 0 Å². The zero-order chi connectivity index (χ0) is 14.0. The lowest BCUT2D eigenvalue weighted by molar-refractivity contribution is 0.871. The Balaban J connectivity index is 2.25. The molecule has 0 aliphatic rings. The molecule has 0 bridgehead atoms. The Bertz CT molecular complexity index is 595. The van der Waals surface area contributed by atoms with Gasteiger partial charge in [-0.25, -0.2) is 0 Å². The van der Waals surface area contributed by atoms with Crippen molar-refractivity contribution in [1.29, 1.82) is 0 Å². The molecule has 2 rings (SSSR count). The Morgan fingerprint density at radius 3 is 2.53 bits per heavy atom. The first-order chi connectivity index (χ1) is 8.97. The molecule has 0 saturated carbocycles. The fourth-order valence-corrected chi connectivity index (χ4v) is 2.94. The largest absolute Gasteiger partial charge is 0.378 e. The van der Waals surface area contributed by atoms with Crippen molar-refractivity contribution in [3.63, 3.8) is 0 Å². The van der Waals surface area contributed by atoms with Gasteiger partial charge in [0.05, 0.1) is 0 Å². The summed E-state index contributed by atoms with van der Waals surface area (Å²) in [7, 11) is 0. The Hall–Kier alpha value is -0.990. The van der Waals surface area contributed by atoms with E-state index in [4.69, 9.17) is 11.6 Å².